The van der Waals surface area contributed by atoms with Gasteiger partial charge in [0.15, 0.2) is 5.16 Å². The lowest BCUT2D eigenvalue weighted by Gasteiger charge is -2.16. The first kappa shape index (κ1) is 16.5. The summed E-state index contributed by atoms with van der Waals surface area (Å²) in [5.41, 5.74) is 3.48. The van der Waals surface area contributed by atoms with Crippen LogP contribution in [-0.2, 0) is 4.79 Å². The Balaban J connectivity index is 2.33. The van der Waals surface area contributed by atoms with Gasteiger partial charge in [-0.2, -0.15) is 0 Å². The minimum Gasteiger partial charge on any atom is -0.299 e. The van der Waals surface area contributed by atoms with E-state index in [1.54, 1.807) is 10.6 Å². The van der Waals surface area contributed by atoms with Crippen molar-refractivity contribution < 1.29 is 4.79 Å². The Morgan fingerprint density at radius 3 is 2.62 bits per heavy atom. The first-order valence-corrected chi connectivity index (χ1v) is 8.68. The topological polar surface area (TPSA) is 52.0 Å². The van der Waals surface area contributed by atoms with E-state index in [0.717, 1.165) is 16.8 Å². The molecule has 1 heterocycles. The van der Waals surface area contributed by atoms with Crippen LogP contribution in [0, 0.1) is 13.8 Å². The molecule has 0 amide bonds. The molecule has 0 fully saturated rings. The largest absolute Gasteiger partial charge is 0.299 e. The van der Waals surface area contributed by atoms with Crippen molar-refractivity contribution in [1.29, 1.82) is 0 Å². The minimum absolute atomic E-state index is 0.0509. The summed E-state index contributed by atoms with van der Waals surface area (Å²) >= 11 is 1.30. The lowest BCUT2D eigenvalue weighted by atomic mass is 10.1. The number of para-hydroxylation sites is 1. The van der Waals surface area contributed by atoms with E-state index in [1.807, 2.05) is 50.2 Å². The molecule has 0 saturated heterocycles. The summed E-state index contributed by atoms with van der Waals surface area (Å²) in [5, 5.41) is 1.12. The molecule has 122 valence electrons. The molecule has 0 saturated carbocycles. The highest BCUT2D eigenvalue weighted by molar-refractivity contribution is 7.99. The van der Waals surface area contributed by atoms with Gasteiger partial charge in [0, 0.05) is 0 Å². The quantitative estimate of drug-likeness (QED) is 0.538. The van der Waals surface area contributed by atoms with Gasteiger partial charge in [0.2, 0.25) is 0 Å². The predicted octanol–water partition coefficient (Wildman–Crippen LogP) is 3.68. The van der Waals surface area contributed by atoms with E-state index >= 15 is 0 Å². The number of Topliss-reactive ketones (excluding diaryl/α,β-unsaturated/α-hetero) is 1. The maximum atomic E-state index is 13.1. The molecule has 0 spiro atoms. The van der Waals surface area contributed by atoms with Gasteiger partial charge in [0.1, 0.15) is 5.78 Å². The van der Waals surface area contributed by atoms with Crippen molar-refractivity contribution >= 4 is 28.4 Å². The number of nitrogens with zero attached hydrogens (tertiary/aromatic N) is 2. The average Bonchev–Trinajstić information content (AvgIpc) is 2.56. The van der Waals surface area contributed by atoms with E-state index < -0.39 is 0 Å². The molecular weight excluding hydrogens is 320 g/mol. The number of thioether (sulfide) groups is 1. The third-order valence-electron chi connectivity index (χ3n) is 3.97. The fraction of sp³-hybridized carbons (Fsp3) is 0.211. The predicted molar refractivity (Wildman–Crippen MR) is 98.2 cm³/mol. The first-order chi connectivity index (χ1) is 11.5. The van der Waals surface area contributed by atoms with Crippen LogP contribution in [0.5, 0.6) is 0 Å². The minimum atomic E-state index is -0.111. The highest BCUT2D eigenvalue weighted by atomic mass is 32.2. The number of benzene rings is 2. The standard InChI is InChI=1S/C19H18N2O2S/c1-12-7-6-10-17(14(12)3)21-18(23)15-8-4-5-9-16(15)20-19(21)24-11-13(2)22/h4-10H,11H2,1-3H3. The second-order valence-electron chi connectivity index (χ2n) is 5.76. The van der Waals surface area contributed by atoms with Crippen molar-refractivity contribution in [3.8, 4) is 5.69 Å². The Labute approximate surface area is 144 Å². The number of rotatable bonds is 4. The molecule has 0 bridgehead atoms. The molecule has 0 N–H and O–H groups in total. The zero-order valence-corrected chi connectivity index (χ0v) is 14.7. The molecule has 3 rings (SSSR count). The number of ketones is 1. The van der Waals surface area contributed by atoms with E-state index in [4.69, 9.17) is 0 Å². The maximum absolute atomic E-state index is 13.1. The van der Waals surface area contributed by atoms with Crippen LogP contribution in [-0.4, -0.2) is 21.1 Å². The molecule has 5 heteroatoms. The van der Waals surface area contributed by atoms with Crippen molar-refractivity contribution in [2.45, 2.75) is 25.9 Å². The lowest BCUT2D eigenvalue weighted by Crippen LogP contribution is -2.23. The Morgan fingerprint density at radius 1 is 1.12 bits per heavy atom. The lowest BCUT2D eigenvalue weighted by molar-refractivity contribution is -0.114. The van der Waals surface area contributed by atoms with Gasteiger partial charge < -0.3 is 0 Å². The summed E-state index contributed by atoms with van der Waals surface area (Å²) in [7, 11) is 0. The maximum Gasteiger partial charge on any atom is 0.266 e. The van der Waals surface area contributed by atoms with E-state index in [1.165, 1.54) is 18.7 Å². The van der Waals surface area contributed by atoms with E-state index in [9.17, 15) is 9.59 Å². The van der Waals surface area contributed by atoms with Gasteiger partial charge in [0.05, 0.1) is 22.3 Å². The highest BCUT2D eigenvalue weighted by Crippen LogP contribution is 2.24. The van der Waals surface area contributed by atoms with Crippen LogP contribution in [0.25, 0.3) is 16.6 Å². The fourth-order valence-corrected chi connectivity index (χ4v) is 3.37. The Hall–Kier alpha value is -2.40. The monoisotopic (exact) mass is 338 g/mol. The fourth-order valence-electron chi connectivity index (χ4n) is 2.57. The summed E-state index contributed by atoms with van der Waals surface area (Å²) < 4.78 is 1.62. The molecule has 0 atom stereocenters. The van der Waals surface area contributed by atoms with Crippen LogP contribution in [0.4, 0.5) is 0 Å². The van der Waals surface area contributed by atoms with Crippen molar-refractivity contribution in [1.82, 2.24) is 9.55 Å². The molecule has 0 radical (unpaired) electrons. The van der Waals surface area contributed by atoms with Crippen molar-refractivity contribution in [3.05, 3.63) is 63.9 Å². The molecule has 0 unspecified atom stereocenters. The molecule has 1 aromatic heterocycles. The molecule has 24 heavy (non-hydrogen) atoms. The number of fused-ring (bicyclic) bond motifs is 1. The van der Waals surface area contributed by atoms with Crippen molar-refractivity contribution in [2.24, 2.45) is 0 Å². The van der Waals surface area contributed by atoms with Crippen molar-refractivity contribution in [3.63, 3.8) is 0 Å². The van der Waals surface area contributed by atoms with Crippen LogP contribution < -0.4 is 5.56 Å². The van der Waals surface area contributed by atoms with Gasteiger partial charge in [-0.15, -0.1) is 0 Å². The van der Waals surface area contributed by atoms with Crippen molar-refractivity contribution in [2.75, 3.05) is 5.75 Å². The first-order valence-electron chi connectivity index (χ1n) is 7.69. The normalized spacial score (nSPS) is 11.0. The Morgan fingerprint density at radius 2 is 1.88 bits per heavy atom. The number of carbonyl (C=O) groups excluding carboxylic acids is 1. The van der Waals surface area contributed by atoms with Gasteiger partial charge in [-0.25, -0.2) is 4.98 Å². The van der Waals surface area contributed by atoms with Gasteiger partial charge in [-0.05, 0) is 50.1 Å². The third-order valence-corrected chi connectivity index (χ3v) is 5.05. The number of hydrogen-bond donors (Lipinski definition) is 0. The molecule has 0 aliphatic heterocycles. The van der Waals surface area contributed by atoms with Crippen LogP contribution in [0.1, 0.15) is 18.1 Å². The highest BCUT2D eigenvalue weighted by Gasteiger charge is 2.15. The van der Waals surface area contributed by atoms with Gasteiger partial charge in [-0.3, -0.25) is 14.2 Å². The SMILES string of the molecule is CC(=O)CSc1nc2ccccc2c(=O)n1-c1cccc(C)c1C. The molecule has 2 aromatic carbocycles. The zero-order chi connectivity index (χ0) is 17.3. The summed E-state index contributed by atoms with van der Waals surface area (Å²) in [5.74, 6) is 0.338. The molecule has 0 aliphatic carbocycles. The second-order valence-corrected chi connectivity index (χ2v) is 6.70. The molecular formula is C19H18N2O2S. The van der Waals surface area contributed by atoms with E-state index in [0.29, 0.717) is 16.1 Å². The van der Waals surface area contributed by atoms with Crippen LogP contribution >= 0.6 is 11.8 Å². The summed E-state index contributed by atoms with van der Waals surface area (Å²) in [6, 6.07) is 13.2. The number of carbonyl (C=O) groups is 1. The van der Waals surface area contributed by atoms with E-state index in [2.05, 4.69) is 4.98 Å². The summed E-state index contributed by atoms with van der Waals surface area (Å²) in [6.45, 7) is 5.54. The molecule has 0 aliphatic rings. The van der Waals surface area contributed by atoms with Gasteiger partial charge >= 0.3 is 0 Å². The van der Waals surface area contributed by atoms with Gasteiger partial charge in [0.25, 0.3) is 5.56 Å². The average molecular weight is 338 g/mol. The number of hydrogen-bond acceptors (Lipinski definition) is 4. The Kier molecular flexibility index (Phi) is 4.53. The molecule has 4 nitrogen and oxygen atoms in total. The Bertz CT molecular complexity index is 992. The smallest absolute Gasteiger partial charge is 0.266 e. The number of aromatic nitrogens is 2. The van der Waals surface area contributed by atoms with Crippen LogP contribution in [0.2, 0.25) is 0 Å². The summed E-state index contributed by atoms with van der Waals surface area (Å²) in [6.07, 6.45) is 0. The van der Waals surface area contributed by atoms with Gasteiger partial charge in [-0.1, -0.05) is 36.0 Å². The van der Waals surface area contributed by atoms with Crippen LogP contribution in [0.15, 0.2) is 52.4 Å². The number of aryl methyl sites for hydroxylation is 1. The molecule has 3 aromatic rings. The summed E-state index contributed by atoms with van der Waals surface area (Å²) in [4.78, 5) is 29.1. The zero-order valence-electron chi connectivity index (χ0n) is 13.9. The second kappa shape index (κ2) is 6.61. The van der Waals surface area contributed by atoms with Crippen LogP contribution in [0.3, 0.4) is 0 Å². The third kappa shape index (κ3) is 2.99. The van der Waals surface area contributed by atoms with E-state index in [-0.39, 0.29) is 17.1 Å².